The van der Waals surface area contributed by atoms with Crippen molar-refractivity contribution in [2.45, 2.75) is 186 Å². The SMILES string of the molecule is CO[C@@H]1C[C@H](C[C@@H](C)[C@@H]2CC(=O)[C@H](C)/C=C(\C)[C@@H](O)[C@@H](OC)C(O)[C@H](C)C[C@H](C)/C=C/C=C/C=C(\C)C(OCCOCC(COCCO)COCCO)C[C@@H]3CC[C@@H](C)[C@@](O)(O3)C(=O)C(=O)N3CCCC[C@H]3C(=O)O2)CC[C@H]1O. The smallest absolute Gasteiger partial charge is 0.329 e. The average Bonchev–Trinajstić information content (AvgIpc) is 3.47. The molecule has 79 heavy (non-hydrogen) atoms. The third-order valence-electron chi connectivity index (χ3n) is 16.5. The zero-order valence-corrected chi connectivity index (χ0v) is 48.8. The minimum absolute atomic E-state index is 0.0213. The average molecular weight is 1120 g/mol. The fourth-order valence-electron chi connectivity index (χ4n) is 11.5. The molecule has 3 aliphatic heterocycles. The predicted octanol–water partition coefficient (Wildman–Crippen LogP) is 4.99. The minimum Gasteiger partial charge on any atom is -0.460 e. The van der Waals surface area contributed by atoms with Crippen molar-refractivity contribution in [1.29, 1.82) is 0 Å². The number of hydrogen-bond donors (Lipinski definition) is 6. The van der Waals surface area contributed by atoms with Gasteiger partial charge in [-0.25, -0.2) is 4.79 Å². The summed E-state index contributed by atoms with van der Waals surface area (Å²) in [5.74, 6) is -8.03. The maximum Gasteiger partial charge on any atom is 0.329 e. The quantitative estimate of drug-likeness (QED) is 0.0430. The van der Waals surface area contributed by atoms with Gasteiger partial charge in [0.25, 0.3) is 11.7 Å². The number of hydrogen-bond acceptors (Lipinski definition) is 18. The number of piperidine rings is 1. The summed E-state index contributed by atoms with van der Waals surface area (Å²) in [5, 5.41) is 64.3. The number of aliphatic hydroxyl groups is 6. The van der Waals surface area contributed by atoms with Crippen LogP contribution in [-0.2, 0) is 57.1 Å². The summed E-state index contributed by atoms with van der Waals surface area (Å²) in [6.45, 7) is 14.1. The maximum absolute atomic E-state index is 14.6. The van der Waals surface area contributed by atoms with E-state index in [2.05, 4.69) is 0 Å². The van der Waals surface area contributed by atoms with Crippen molar-refractivity contribution < 1.29 is 87.7 Å². The van der Waals surface area contributed by atoms with E-state index in [-0.39, 0.29) is 127 Å². The van der Waals surface area contributed by atoms with Gasteiger partial charge in [0.1, 0.15) is 30.1 Å². The van der Waals surface area contributed by atoms with Gasteiger partial charge >= 0.3 is 5.97 Å². The lowest BCUT2D eigenvalue weighted by Gasteiger charge is -2.43. The number of allylic oxidation sites excluding steroid dienone is 6. The molecular weight excluding hydrogens is 1020 g/mol. The molecule has 0 spiro atoms. The first-order valence-corrected chi connectivity index (χ1v) is 29.0. The Morgan fingerprint density at radius 2 is 1.47 bits per heavy atom. The molecule has 19 nitrogen and oxygen atoms in total. The highest BCUT2D eigenvalue weighted by Crippen LogP contribution is 2.38. The number of ketones is 2. The number of ether oxygens (including phenoxy) is 8. The number of carbonyl (C=O) groups excluding carboxylic acids is 4. The predicted molar refractivity (Wildman–Crippen MR) is 295 cm³/mol. The van der Waals surface area contributed by atoms with Crippen molar-refractivity contribution in [2.24, 2.45) is 41.4 Å². The minimum atomic E-state index is -2.52. The molecule has 4 aliphatic rings. The molecule has 1 aliphatic carbocycles. The topological polar surface area (TPSA) is 267 Å². The Balaban J connectivity index is 1.68. The van der Waals surface area contributed by atoms with Crippen molar-refractivity contribution in [1.82, 2.24) is 4.90 Å². The number of amides is 1. The molecule has 4 rings (SSSR count). The van der Waals surface area contributed by atoms with Crippen molar-refractivity contribution in [3.8, 4) is 0 Å². The summed E-state index contributed by atoms with van der Waals surface area (Å²) in [5.41, 5.74) is 1.23. The Morgan fingerprint density at radius 3 is 2.13 bits per heavy atom. The first-order chi connectivity index (χ1) is 37.7. The molecule has 0 aromatic rings. The molecule has 452 valence electrons. The number of esters is 1. The lowest BCUT2D eigenvalue weighted by Crippen LogP contribution is -2.61. The van der Waals surface area contributed by atoms with E-state index in [1.165, 1.54) is 12.0 Å². The fourth-order valence-corrected chi connectivity index (χ4v) is 11.5. The summed E-state index contributed by atoms with van der Waals surface area (Å²) in [7, 11) is 2.99. The third kappa shape index (κ3) is 21.1. The monoisotopic (exact) mass is 1120 g/mol. The zero-order valence-electron chi connectivity index (χ0n) is 48.8. The number of fused-ring (bicyclic) bond motifs is 3. The van der Waals surface area contributed by atoms with E-state index in [1.807, 2.05) is 58.1 Å². The van der Waals surface area contributed by atoms with E-state index in [9.17, 15) is 49.8 Å². The molecule has 19 heteroatoms. The Morgan fingerprint density at radius 1 is 0.785 bits per heavy atom. The van der Waals surface area contributed by atoms with Crippen LogP contribution in [0.2, 0.25) is 0 Å². The van der Waals surface area contributed by atoms with Crippen LogP contribution in [-0.4, -0.2) is 200 Å². The van der Waals surface area contributed by atoms with Crippen LogP contribution in [0.4, 0.5) is 0 Å². The van der Waals surface area contributed by atoms with Gasteiger partial charge in [-0.3, -0.25) is 14.4 Å². The van der Waals surface area contributed by atoms with Crippen molar-refractivity contribution in [3.05, 3.63) is 47.6 Å². The fraction of sp³-hybridized carbons (Fsp3) is 0.800. The second-order valence-corrected chi connectivity index (χ2v) is 23.0. The van der Waals surface area contributed by atoms with E-state index in [4.69, 9.17) is 37.9 Å². The zero-order chi connectivity index (χ0) is 58.2. The highest BCUT2D eigenvalue weighted by atomic mass is 16.6. The number of aliphatic hydroxyl groups excluding tert-OH is 5. The van der Waals surface area contributed by atoms with Crippen LogP contribution in [0.5, 0.6) is 0 Å². The standard InChI is InChI=1S/C60H99NO18/c1-38-15-11-10-12-16-39(2)51(77-28-27-76-37-46(35-74-25-23-62)36-75-26-24-63)33-47-20-18-44(7)60(71,79-47)57(68)58(69)61-22-14-13-17-48(61)59(70)78-52(41(4)31-45-19-21-49(64)53(32-45)72-8)34-50(65)40(3)30-43(6)55(67)56(73-9)54(66)42(5)29-38/h10-12,15-16,30,38,40-42,44-49,51-56,62-64,66-67,71H,13-14,17-29,31-37H2,1-9H3/b12-10+,15-11+,39-16+,43-30+/t38-,40-,41-,42-,44-,45+,47+,48+,49-,51?,52+,53-,54?,55-,56+,60-/m1/s1. The number of nitrogens with zero attached hydrogens (tertiary/aromatic N) is 1. The van der Waals surface area contributed by atoms with Crippen LogP contribution in [0.25, 0.3) is 0 Å². The van der Waals surface area contributed by atoms with Crippen molar-refractivity contribution in [2.75, 3.05) is 80.2 Å². The highest BCUT2D eigenvalue weighted by molar-refractivity contribution is 6.39. The first kappa shape index (κ1) is 68.2. The molecule has 3 heterocycles. The number of methoxy groups -OCH3 is 2. The molecule has 0 aromatic heterocycles. The summed E-state index contributed by atoms with van der Waals surface area (Å²) < 4.78 is 47.4. The Hall–Kier alpha value is -3.28. The largest absolute Gasteiger partial charge is 0.460 e. The van der Waals surface area contributed by atoms with Crippen LogP contribution in [0, 0.1) is 41.4 Å². The molecule has 0 aromatic carbocycles. The van der Waals surface area contributed by atoms with Gasteiger partial charge in [-0.1, -0.05) is 71.1 Å². The molecule has 2 saturated heterocycles. The van der Waals surface area contributed by atoms with Crippen LogP contribution in [0.1, 0.15) is 126 Å². The number of Topliss-reactive ketones (excluding diaryl/α,β-unsaturated/α-hetero) is 2. The van der Waals surface area contributed by atoms with Gasteiger partial charge in [0.15, 0.2) is 0 Å². The van der Waals surface area contributed by atoms with E-state index >= 15 is 0 Å². The second-order valence-electron chi connectivity index (χ2n) is 23.0. The molecule has 1 amide bonds. The molecule has 1 saturated carbocycles. The van der Waals surface area contributed by atoms with Crippen LogP contribution in [0.3, 0.4) is 0 Å². The Labute approximate surface area is 470 Å². The van der Waals surface area contributed by atoms with E-state index in [0.717, 1.165) is 5.57 Å². The van der Waals surface area contributed by atoms with Crippen LogP contribution in [0.15, 0.2) is 47.6 Å². The van der Waals surface area contributed by atoms with Crippen LogP contribution < -0.4 is 0 Å². The van der Waals surface area contributed by atoms with Gasteiger partial charge < -0.3 is 73.4 Å². The number of cyclic esters (lactones) is 1. The van der Waals surface area contributed by atoms with E-state index in [1.54, 1.807) is 34.0 Å². The Kier molecular flexibility index (Phi) is 30.2. The Bertz CT molecular complexity index is 1970. The van der Waals surface area contributed by atoms with Crippen molar-refractivity contribution >= 4 is 23.4 Å². The third-order valence-corrected chi connectivity index (χ3v) is 16.5. The maximum atomic E-state index is 14.6. The van der Waals surface area contributed by atoms with Gasteiger partial charge in [-0.15, -0.1) is 0 Å². The molecule has 3 fully saturated rings. The van der Waals surface area contributed by atoms with E-state index < -0.39 is 84.1 Å². The van der Waals surface area contributed by atoms with E-state index in [0.29, 0.717) is 63.4 Å². The van der Waals surface area contributed by atoms with Gasteiger partial charge in [-0.2, -0.15) is 0 Å². The summed E-state index contributed by atoms with van der Waals surface area (Å²) in [4.78, 5) is 59.1. The molecule has 6 N–H and O–H groups in total. The number of rotatable bonds is 19. The van der Waals surface area contributed by atoms with Gasteiger partial charge in [-0.05, 0) is 113 Å². The summed E-state index contributed by atoms with van der Waals surface area (Å²) in [6.07, 6.45) is 9.69. The van der Waals surface area contributed by atoms with Gasteiger partial charge in [0.2, 0.25) is 5.79 Å². The first-order valence-electron chi connectivity index (χ1n) is 29.0. The molecule has 0 radical (unpaired) electrons. The summed E-state index contributed by atoms with van der Waals surface area (Å²) >= 11 is 0. The normalized spacial score (nSPS) is 36.4. The molecule has 2 unspecified atom stereocenters. The molecule has 2 bridgehead atoms. The van der Waals surface area contributed by atoms with Crippen LogP contribution >= 0.6 is 0 Å². The lowest BCUT2D eigenvalue weighted by molar-refractivity contribution is -0.266. The highest BCUT2D eigenvalue weighted by Gasteiger charge is 2.53. The molecule has 16 atom stereocenters. The van der Waals surface area contributed by atoms with Gasteiger partial charge in [0.05, 0.1) is 90.0 Å². The second kappa shape index (κ2) is 35.0. The summed E-state index contributed by atoms with van der Waals surface area (Å²) in [6, 6.07) is -1.18. The van der Waals surface area contributed by atoms with Crippen molar-refractivity contribution in [3.63, 3.8) is 0 Å². The lowest BCUT2D eigenvalue weighted by atomic mass is 9.78. The number of carbonyl (C=O) groups is 4. The molecular formula is C60H99NO18. The van der Waals surface area contributed by atoms with Gasteiger partial charge in [0, 0.05) is 51.4 Å².